The van der Waals surface area contributed by atoms with Crippen LogP contribution in [0.25, 0.3) is 39.1 Å². The van der Waals surface area contributed by atoms with Crippen molar-refractivity contribution in [1.29, 1.82) is 5.26 Å². The van der Waals surface area contributed by atoms with Gasteiger partial charge in [-0.05, 0) is 41.3 Å². The fraction of sp³-hybridized carbons (Fsp3) is 0. The Labute approximate surface area is 158 Å². The zero-order valence-electron chi connectivity index (χ0n) is 14.0. The lowest BCUT2D eigenvalue weighted by Crippen LogP contribution is -1.94. The van der Waals surface area contributed by atoms with E-state index >= 15 is 0 Å². The molecule has 4 heterocycles. The molecule has 0 atom stereocenters. The number of fused-ring (bicyclic) bond motifs is 1. The number of nitrogens with zero attached hydrogens (tertiary/aromatic N) is 4. The molecule has 0 fully saturated rings. The molecule has 0 saturated carbocycles. The van der Waals surface area contributed by atoms with Gasteiger partial charge in [0.05, 0.1) is 12.5 Å². The van der Waals surface area contributed by atoms with Crippen LogP contribution in [0.1, 0.15) is 4.88 Å². The molecule has 0 N–H and O–H groups in total. The van der Waals surface area contributed by atoms with E-state index in [9.17, 15) is 5.26 Å². The summed E-state index contributed by atoms with van der Waals surface area (Å²) in [6.07, 6.45) is 6.93. The highest BCUT2D eigenvalue weighted by molar-refractivity contribution is 7.11. The summed E-state index contributed by atoms with van der Waals surface area (Å²) in [5.74, 6) is 0. The van der Waals surface area contributed by atoms with Crippen molar-refractivity contribution in [3.63, 3.8) is 0 Å². The van der Waals surface area contributed by atoms with Crippen molar-refractivity contribution in [1.82, 2.24) is 14.5 Å². The maximum absolute atomic E-state index is 9.30. The molecule has 0 spiro atoms. The average molecular weight is 368 g/mol. The minimum atomic E-state index is 0.713. The van der Waals surface area contributed by atoms with Crippen LogP contribution < -0.4 is 0 Å². The number of imidazole rings is 1. The Hall–Kier alpha value is -3.69. The van der Waals surface area contributed by atoms with E-state index in [2.05, 4.69) is 22.1 Å². The minimum absolute atomic E-state index is 0.713. The molecule has 6 heteroatoms. The zero-order valence-corrected chi connectivity index (χ0v) is 14.9. The second-order valence-corrected chi connectivity index (χ2v) is 6.93. The largest absolute Gasteiger partial charge is 0.472 e. The summed E-state index contributed by atoms with van der Waals surface area (Å²) in [5.41, 5.74) is 6.44. The van der Waals surface area contributed by atoms with Crippen LogP contribution in [0.15, 0.2) is 77.3 Å². The molecule has 0 aliphatic heterocycles. The van der Waals surface area contributed by atoms with E-state index < -0.39 is 0 Å². The molecule has 0 aliphatic carbocycles. The highest BCUT2D eigenvalue weighted by Gasteiger charge is 2.11. The Balaban J connectivity index is 1.60. The van der Waals surface area contributed by atoms with Gasteiger partial charge >= 0.3 is 0 Å². The molecule has 0 aliphatic rings. The van der Waals surface area contributed by atoms with Crippen LogP contribution in [0.5, 0.6) is 0 Å². The summed E-state index contributed by atoms with van der Waals surface area (Å²) >= 11 is 1.45. The van der Waals surface area contributed by atoms with E-state index in [-0.39, 0.29) is 0 Å². The third kappa shape index (κ3) is 2.62. The van der Waals surface area contributed by atoms with E-state index in [1.165, 1.54) is 11.3 Å². The minimum Gasteiger partial charge on any atom is -0.472 e. The van der Waals surface area contributed by atoms with Crippen LogP contribution in [0.3, 0.4) is 0 Å². The van der Waals surface area contributed by atoms with Gasteiger partial charge in [-0.2, -0.15) is 5.26 Å². The Morgan fingerprint density at radius 1 is 1.04 bits per heavy atom. The van der Waals surface area contributed by atoms with Crippen LogP contribution in [-0.2, 0) is 0 Å². The van der Waals surface area contributed by atoms with Gasteiger partial charge in [0.25, 0.3) is 0 Å². The maximum atomic E-state index is 9.30. The molecular formula is C21H12N4OS. The third-order valence-corrected chi connectivity index (χ3v) is 5.26. The molecule has 1 aromatic carbocycles. The van der Waals surface area contributed by atoms with Crippen molar-refractivity contribution in [3.05, 3.63) is 77.8 Å². The van der Waals surface area contributed by atoms with E-state index in [0.717, 1.165) is 39.1 Å². The number of hydrogen-bond donors (Lipinski definition) is 0. The molecule has 5 rings (SSSR count). The molecule has 0 unspecified atom stereocenters. The van der Waals surface area contributed by atoms with Gasteiger partial charge in [0.1, 0.15) is 22.8 Å². The summed E-state index contributed by atoms with van der Waals surface area (Å²) in [5, 5.41) is 11.2. The van der Waals surface area contributed by atoms with E-state index in [1.807, 2.05) is 52.5 Å². The molecular weight excluding hydrogens is 356 g/mol. The zero-order chi connectivity index (χ0) is 18.2. The fourth-order valence-corrected chi connectivity index (χ4v) is 3.83. The SMILES string of the molecule is N#Cc1sccc1-c1cccc(-n2cnc3cc(-c4ccoc4)cnc32)c1. The molecule has 5 nitrogen and oxygen atoms in total. The van der Waals surface area contributed by atoms with Crippen molar-refractivity contribution in [3.8, 4) is 34.0 Å². The molecule has 4 aromatic heterocycles. The Morgan fingerprint density at radius 3 is 2.85 bits per heavy atom. The van der Waals surface area contributed by atoms with Crippen molar-refractivity contribution in [2.45, 2.75) is 0 Å². The van der Waals surface area contributed by atoms with Gasteiger partial charge in [0, 0.05) is 28.6 Å². The molecule has 5 aromatic rings. The highest BCUT2D eigenvalue weighted by atomic mass is 32.1. The standard InChI is InChI=1S/C21H12N4OS/c22-10-20-18(5-7-27-20)14-2-1-3-17(8-14)25-13-24-19-9-16(11-23-21(19)25)15-4-6-26-12-15/h1-9,11-13H. The molecule has 0 radical (unpaired) electrons. The first kappa shape index (κ1) is 15.6. The van der Waals surface area contributed by atoms with Gasteiger partial charge in [-0.25, -0.2) is 9.97 Å². The van der Waals surface area contributed by atoms with Crippen molar-refractivity contribution in [2.24, 2.45) is 0 Å². The number of pyridine rings is 1. The fourth-order valence-electron chi connectivity index (χ4n) is 3.12. The molecule has 128 valence electrons. The Kier molecular flexibility index (Phi) is 3.59. The lowest BCUT2D eigenvalue weighted by Gasteiger charge is -2.07. The van der Waals surface area contributed by atoms with Crippen molar-refractivity contribution >= 4 is 22.5 Å². The number of benzene rings is 1. The molecule has 0 amide bonds. The number of nitriles is 1. The summed E-state index contributed by atoms with van der Waals surface area (Å²) < 4.78 is 7.10. The predicted octanol–water partition coefficient (Wildman–Crippen LogP) is 5.28. The number of aromatic nitrogens is 3. The first-order chi connectivity index (χ1) is 13.3. The summed E-state index contributed by atoms with van der Waals surface area (Å²) in [4.78, 5) is 9.83. The van der Waals surface area contributed by atoms with Gasteiger partial charge in [0.2, 0.25) is 0 Å². The van der Waals surface area contributed by atoms with Crippen LogP contribution in [-0.4, -0.2) is 14.5 Å². The Morgan fingerprint density at radius 2 is 2.00 bits per heavy atom. The van der Waals surface area contributed by atoms with Gasteiger partial charge in [0.15, 0.2) is 5.65 Å². The molecule has 0 bridgehead atoms. The number of thiophene rings is 1. The van der Waals surface area contributed by atoms with E-state index in [0.29, 0.717) is 4.88 Å². The van der Waals surface area contributed by atoms with Crippen molar-refractivity contribution in [2.75, 3.05) is 0 Å². The lowest BCUT2D eigenvalue weighted by atomic mass is 10.1. The smallest absolute Gasteiger partial charge is 0.164 e. The first-order valence-electron chi connectivity index (χ1n) is 8.27. The second-order valence-electron chi connectivity index (χ2n) is 6.02. The topological polar surface area (TPSA) is 67.6 Å². The number of rotatable bonds is 3. The van der Waals surface area contributed by atoms with Crippen LogP contribution in [0.2, 0.25) is 0 Å². The van der Waals surface area contributed by atoms with E-state index in [4.69, 9.17) is 4.42 Å². The third-order valence-electron chi connectivity index (χ3n) is 4.44. The Bertz CT molecular complexity index is 1290. The second kappa shape index (κ2) is 6.24. The van der Waals surface area contributed by atoms with Gasteiger partial charge < -0.3 is 4.42 Å². The summed E-state index contributed by atoms with van der Waals surface area (Å²) in [6, 6.07) is 16.2. The molecule has 27 heavy (non-hydrogen) atoms. The average Bonchev–Trinajstić information content (AvgIpc) is 3.47. The van der Waals surface area contributed by atoms with E-state index in [1.54, 1.807) is 18.9 Å². The van der Waals surface area contributed by atoms with Crippen LogP contribution >= 0.6 is 11.3 Å². The molecule has 0 saturated heterocycles. The quantitative estimate of drug-likeness (QED) is 0.434. The summed E-state index contributed by atoms with van der Waals surface area (Å²) in [7, 11) is 0. The lowest BCUT2D eigenvalue weighted by molar-refractivity contribution is 0.568. The number of hydrogen-bond acceptors (Lipinski definition) is 5. The normalized spacial score (nSPS) is 10.9. The summed E-state index contributed by atoms with van der Waals surface area (Å²) in [6.45, 7) is 0. The van der Waals surface area contributed by atoms with Crippen LogP contribution in [0.4, 0.5) is 0 Å². The van der Waals surface area contributed by atoms with Gasteiger partial charge in [-0.1, -0.05) is 12.1 Å². The van der Waals surface area contributed by atoms with Crippen molar-refractivity contribution < 1.29 is 4.42 Å². The number of furan rings is 1. The maximum Gasteiger partial charge on any atom is 0.164 e. The predicted molar refractivity (Wildman–Crippen MR) is 105 cm³/mol. The first-order valence-corrected chi connectivity index (χ1v) is 9.15. The monoisotopic (exact) mass is 368 g/mol. The highest BCUT2D eigenvalue weighted by Crippen LogP contribution is 2.30. The van der Waals surface area contributed by atoms with Gasteiger partial charge in [-0.3, -0.25) is 4.57 Å². The van der Waals surface area contributed by atoms with Crippen LogP contribution in [0, 0.1) is 11.3 Å². The van der Waals surface area contributed by atoms with Gasteiger partial charge in [-0.15, -0.1) is 11.3 Å².